The van der Waals surface area contributed by atoms with E-state index in [2.05, 4.69) is 22.7 Å². The number of ether oxygens (including phenoxy) is 1. The molecule has 1 amide bonds. The van der Waals surface area contributed by atoms with Crippen LogP contribution in [-0.4, -0.2) is 18.2 Å². The van der Waals surface area contributed by atoms with E-state index in [0.29, 0.717) is 21.5 Å². The minimum atomic E-state index is -0.392. The molecule has 0 aliphatic carbocycles. The van der Waals surface area contributed by atoms with Crippen LogP contribution in [0.3, 0.4) is 0 Å². The molecule has 0 fully saturated rings. The number of hydrogen-bond acceptors (Lipinski definition) is 3. The van der Waals surface area contributed by atoms with Gasteiger partial charge in [-0.25, -0.2) is 5.43 Å². The molecular formula is C22H18Cl2N2O2. The molecule has 3 rings (SSSR count). The first kappa shape index (κ1) is 19.9. The molecule has 0 spiro atoms. The Morgan fingerprint density at radius 2 is 1.64 bits per heavy atom. The second-order valence-electron chi connectivity index (χ2n) is 6.04. The van der Waals surface area contributed by atoms with Gasteiger partial charge in [-0.2, -0.15) is 5.10 Å². The summed E-state index contributed by atoms with van der Waals surface area (Å²) in [6.07, 6.45) is 0. The topological polar surface area (TPSA) is 50.7 Å². The van der Waals surface area contributed by atoms with E-state index in [9.17, 15) is 4.79 Å². The maximum atomic E-state index is 12.0. The van der Waals surface area contributed by atoms with Crippen LogP contribution >= 0.6 is 23.2 Å². The molecule has 0 saturated heterocycles. The summed E-state index contributed by atoms with van der Waals surface area (Å²) in [6, 6.07) is 22.9. The van der Waals surface area contributed by atoms with Crippen molar-refractivity contribution in [3.05, 3.63) is 88.4 Å². The van der Waals surface area contributed by atoms with E-state index in [1.165, 1.54) is 0 Å². The van der Waals surface area contributed by atoms with Crippen LogP contribution in [-0.2, 0) is 4.79 Å². The second kappa shape index (κ2) is 9.40. The Morgan fingerprint density at radius 3 is 2.36 bits per heavy atom. The normalized spacial score (nSPS) is 11.2. The Balaban J connectivity index is 1.57. The summed E-state index contributed by atoms with van der Waals surface area (Å²) in [6.45, 7) is 1.61. The molecule has 0 aliphatic heterocycles. The molecular weight excluding hydrogens is 395 g/mol. The number of benzene rings is 3. The van der Waals surface area contributed by atoms with Crippen LogP contribution in [0.5, 0.6) is 5.75 Å². The number of nitrogens with one attached hydrogen (secondary N) is 1. The molecule has 0 bridgehead atoms. The molecule has 0 atom stereocenters. The van der Waals surface area contributed by atoms with Crippen molar-refractivity contribution in [3.63, 3.8) is 0 Å². The third-order valence-electron chi connectivity index (χ3n) is 4.01. The molecule has 3 aromatic carbocycles. The smallest absolute Gasteiger partial charge is 0.277 e. The lowest BCUT2D eigenvalue weighted by Gasteiger charge is -2.08. The number of hydrazone groups is 1. The lowest BCUT2D eigenvalue weighted by Crippen LogP contribution is -2.25. The zero-order valence-electron chi connectivity index (χ0n) is 15.2. The fraction of sp³-hybridized carbons (Fsp3) is 0.0909. The highest BCUT2D eigenvalue weighted by molar-refractivity contribution is 6.34. The zero-order chi connectivity index (χ0) is 19.9. The molecule has 4 nitrogen and oxygen atoms in total. The Kier molecular flexibility index (Phi) is 6.69. The Labute approximate surface area is 173 Å². The van der Waals surface area contributed by atoms with Crippen molar-refractivity contribution in [2.45, 2.75) is 6.92 Å². The number of carbonyl (C=O) groups is 1. The van der Waals surface area contributed by atoms with E-state index >= 15 is 0 Å². The maximum Gasteiger partial charge on any atom is 0.277 e. The summed E-state index contributed by atoms with van der Waals surface area (Å²) in [7, 11) is 0. The summed E-state index contributed by atoms with van der Waals surface area (Å²) >= 11 is 11.9. The molecule has 0 radical (unpaired) electrons. The molecule has 0 unspecified atom stereocenters. The van der Waals surface area contributed by atoms with Crippen LogP contribution < -0.4 is 10.2 Å². The average Bonchev–Trinajstić information content (AvgIpc) is 2.73. The van der Waals surface area contributed by atoms with Crippen LogP contribution in [0.2, 0.25) is 10.0 Å². The van der Waals surface area contributed by atoms with Crippen LogP contribution in [0.1, 0.15) is 12.5 Å². The molecule has 0 heterocycles. The van der Waals surface area contributed by atoms with Gasteiger partial charge in [-0.05, 0) is 35.7 Å². The summed E-state index contributed by atoms with van der Waals surface area (Å²) in [5, 5.41) is 4.99. The first-order chi connectivity index (χ1) is 13.5. The van der Waals surface area contributed by atoms with Gasteiger partial charge in [-0.15, -0.1) is 0 Å². The van der Waals surface area contributed by atoms with E-state index in [-0.39, 0.29) is 6.61 Å². The van der Waals surface area contributed by atoms with Crippen LogP contribution in [0.15, 0.2) is 77.9 Å². The van der Waals surface area contributed by atoms with Gasteiger partial charge in [0.25, 0.3) is 5.91 Å². The quantitative estimate of drug-likeness (QED) is 0.424. The lowest BCUT2D eigenvalue weighted by molar-refractivity contribution is -0.123. The van der Waals surface area contributed by atoms with Crippen molar-refractivity contribution >= 4 is 34.8 Å². The molecule has 142 valence electrons. The molecule has 6 heteroatoms. The summed E-state index contributed by atoms with van der Waals surface area (Å²) in [5.41, 5.74) is 6.35. The third kappa shape index (κ3) is 5.35. The number of rotatable bonds is 6. The van der Waals surface area contributed by atoms with Gasteiger partial charge in [-0.3, -0.25) is 4.79 Å². The van der Waals surface area contributed by atoms with Gasteiger partial charge < -0.3 is 4.74 Å². The average molecular weight is 413 g/mol. The molecule has 3 aromatic rings. The maximum absolute atomic E-state index is 12.0. The minimum Gasteiger partial charge on any atom is -0.482 e. The highest BCUT2D eigenvalue weighted by Gasteiger charge is 2.07. The van der Waals surface area contributed by atoms with E-state index in [0.717, 1.165) is 16.7 Å². The Bertz CT molecular complexity index is 987. The number of hydrogen-bond donors (Lipinski definition) is 1. The fourth-order valence-electron chi connectivity index (χ4n) is 2.51. The van der Waals surface area contributed by atoms with E-state index < -0.39 is 5.91 Å². The van der Waals surface area contributed by atoms with Gasteiger partial charge >= 0.3 is 0 Å². The highest BCUT2D eigenvalue weighted by Crippen LogP contribution is 2.27. The van der Waals surface area contributed by atoms with Gasteiger partial charge in [0.2, 0.25) is 0 Å². The van der Waals surface area contributed by atoms with Crippen molar-refractivity contribution in [1.29, 1.82) is 0 Å². The number of amides is 1. The van der Waals surface area contributed by atoms with Gasteiger partial charge in [0.05, 0.1) is 10.7 Å². The number of halogens is 2. The fourth-order valence-corrected chi connectivity index (χ4v) is 2.84. The molecule has 1 N–H and O–H groups in total. The van der Waals surface area contributed by atoms with E-state index in [4.69, 9.17) is 27.9 Å². The van der Waals surface area contributed by atoms with E-state index in [1.807, 2.05) is 49.4 Å². The summed E-state index contributed by atoms with van der Waals surface area (Å²) < 4.78 is 5.38. The SMILES string of the molecule is C/C(=N/NC(=O)COc1cc(Cl)ccc1Cl)c1ccc(-c2ccccc2)cc1. The minimum absolute atomic E-state index is 0.218. The van der Waals surface area contributed by atoms with E-state index in [1.54, 1.807) is 18.2 Å². The van der Waals surface area contributed by atoms with Crippen molar-refractivity contribution < 1.29 is 9.53 Å². The number of nitrogens with zero attached hydrogens (tertiary/aromatic N) is 1. The third-order valence-corrected chi connectivity index (χ3v) is 4.56. The van der Waals surface area contributed by atoms with Gasteiger partial charge in [0.1, 0.15) is 5.75 Å². The first-order valence-electron chi connectivity index (χ1n) is 8.60. The largest absolute Gasteiger partial charge is 0.482 e. The van der Waals surface area contributed by atoms with Crippen LogP contribution in [0, 0.1) is 0 Å². The lowest BCUT2D eigenvalue weighted by atomic mass is 10.0. The van der Waals surface area contributed by atoms with Crippen LogP contribution in [0.4, 0.5) is 0 Å². The predicted molar refractivity (Wildman–Crippen MR) is 114 cm³/mol. The van der Waals surface area contributed by atoms with Gasteiger partial charge in [0, 0.05) is 11.1 Å². The first-order valence-corrected chi connectivity index (χ1v) is 9.35. The van der Waals surface area contributed by atoms with Crippen molar-refractivity contribution in [1.82, 2.24) is 5.43 Å². The van der Waals surface area contributed by atoms with Crippen molar-refractivity contribution in [2.75, 3.05) is 6.61 Å². The predicted octanol–water partition coefficient (Wildman–Crippen LogP) is 5.58. The molecule has 0 saturated carbocycles. The number of carbonyl (C=O) groups excluding carboxylic acids is 1. The Hall–Kier alpha value is -2.82. The van der Waals surface area contributed by atoms with Gasteiger partial charge in [-0.1, -0.05) is 77.8 Å². The Morgan fingerprint density at radius 1 is 0.964 bits per heavy atom. The zero-order valence-corrected chi connectivity index (χ0v) is 16.7. The summed E-state index contributed by atoms with van der Waals surface area (Å²) in [5.74, 6) is -0.0437. The molecule has 28 heavy (non-hydrogen) atoms. The van der Waals surface area contributed by atoms with Gasteiger partial charge in [0.15, 0.2) is 6.61 Å². The van der Waals surface area contributed by atoms with Crippen molar-refractivity contribution in [2.24, 2.45) is 5.10 Å². The van der Waals surface area contributed by atoms with Crippen molar-refractivity contribution in [3.8, 4) is 16.9 Å². The standard InChI is InChI=1S/C22H18Cl2N2O2/c1-15(16-7-9-18(10-8-16)17-5-3-2-4-6-17)25-26-22(27)14-28-21-13-19(23)11-12-20(21)24/h2-13H,14H2,1H3,(H,26,27)/b25-15-. The molecule has 0 aromatic heterocycles. The molecule has 0 aliphatic rings. The highest BCUT2D eigenvalue weighted by atomic mass is 35.5. The van der Waals surface area contributed by atoms with Crippen LogP contribution in [0.25, 0.3) is 11.1 Å². The summed E-state index contributed by atoms with van der Waals surface area (Å²) in [4.78, 5) is 12.0. The monoisotopic (exact) mass is 412 g/mol. The second-order valence-corrected chi connectivity index (χ2v) is 6.88.